The molecule has 12 nitrogen and oxygen atoms in total. The van der Waals surface area contributed by atoms with Gasteiger partial charge in [-0.25, -0.2) is 0 Å². The van der Waals surface area contributed by atoms with Crippen LogP contribution in [0.2, 0.25) is 5.02 Å². The van der Waals surface area contributed by atoms with E-state index >= 15 is 0 Å². The highest BCUT2D eigenvalue weighted by molar-refractivity contribution is 6.35. The molecule has 1 N–H and O–H groups in total. The molecule has 13 heteroatoms. The number of anilines is 1. The molecule has 1 aromatic heterocycles. The largest absolute Gasteiger partial charge is 0.492 e. The van der Waals surface area contributed by atoms with Gasteiger partial charge in [0, 0.05) is 73.0 Å². The van der Waals surface area contributed by atoms with Gasteiger partial charge in [-0.1, -0.05) is 49.1 Å². The fraction of sp³-hybridized carbons (Fsp3) is 0.521. The average Bonchev–Trinajstić information content (AvgIpc) is 3.87. The molecule has 5 fully saturated rings. The molecule has 316 valence electrons. The topological polar surface area (TPSA) is 120 Å². The first-order valence-corrected chi connectivity index (χ1v) is 23.1. The highest BCUT2D eigenvalue weighted by Crippen LogP contribution is 2.53. The van der Waals surface area contributed by atoms with Crippen molar-refractivity contribution in [2.24, 2.45) is 5.92 Å². The van der Waals surface area contributed by atoms with E-state index in [2.05, 4.69) is 48.8 Å². The maximum absolute atomic E-state index is 13.4. The number of fused-ring (bicyclic) bond motifs is 11. The number of carbonyl (C=O) groups is 3. The summed E-state index contributed by atoms with van der Waals surface area (Å²) in [6, 6.07) is 16.8. The third-order valence-electron chi connectivity index (χ3n) is 16.1. The highest BCUT2D eigenvalue weighted by Gasteiger charge is 2.49. The van der Waals surface area contributed by atoms with Crippen LogP contribution < -0.4 is 20.5 Å². The molecule has 7 aliphatic heterocycles. The van der Waals surface area contributed by atoms with Gasteiger partial charge in [-0.15, -0.1) is 0 Å². The SMILES string of the molecule is O=C1CC[C@@H](N2Cc3c(ccc4c3OCC43CCN(CC4CN(C5CCN(c6ccc7c(c6)-n6c(nc(=O)c8c(Cl)cccc86)C76CCCCC6)CC5)C4)CC3)C2=O)C(=O)N1. The van der Waals surface area contributed by atoms with Crippen LogP contribution in [0.25, 0.3) is 16.6 Å². The third kappa shape index (κ3) is 5.80. The van der Waals surface area contributed by atoms with Crippen LogP contribution in [0.3, 0.4) is 0 Å². The van der Waals surface area contributed by atoms with Crippen LogP contribution in [0.4, 0.5) is 5.69 Å². The molecule has 8 aliphatic rings. The summed E-state index contributed by atoms with van der Waals surface area (Å²) in [5.74, 6) is 1.63. The standard InChI is InChI=1S/C48H52ClN7O5/c49-36-5-4-6-37-41(36)44(59)51-46-48(15-2-1-3-16-48)34-9-7-31(23-39(34)56(37)46)53-19-13-30(14-20-53)54-25-29(26-54)24-52-21-17-47(18-22-52)28-61-42-33-27-55(38-11-12-40(57)50-43(38)58)45(60)32(33)8-10-35(42)47/h4-10,23,29-30,38H,1-3,11-22,24-28H2,(H,50,57,58)/t38-/m1/s1. The van der Waals surface area contributed by atoms with Gasteiger partial charge in [-0.3, -0.25) is 34.0 Å². The van der Waals surface area contributed by atoms with Gasteiger partial charge in [-0.05, 0) is 99.8 Å². The zero-order chi connectivity index (χ0) is 41.2. The average molecular weight is 842 g/mol. The van der Waals surface area contributed by atoms with Crippen LogP contribution >= 0.6 is 11.6 Å². The molecule has 3 aromatic carbocycles. The van der Waals surface area contributed by atoms with Crippen molar-refractivity contribution >= 4 is 45.9 Å². The Morgan fingerprint density at radius 2 is 1.66 bits per heavy atom. The smallest absolute Gasteiger partial charge is 0.282 e. The minimum atomic E-state index is -0.623. The first-order chi connectivity index (χ1) is 29.7. The van der Waals surface area contributed by atoms with Crippen molar-refractivity contribution in [3.8, 4) is 11.4 Å². The van der Waals surface area contributed by atoms with Crippen molar-refractivity contribution in [3.05, 3.63) is 92.0 Å². The number of carbonyl (C=O) groups excluding carboxylic acids is 3. The van der Waals surface area contributed by atoms with Crippen LogP contribution in [0.5, 0.6) is 5.75 Å². The Bertz CT molecular complexity index is 2580. The summed E-state index contributed by atoms with van der Waals surface area (Å²) in [6.07, 6.45) is 10.5. The lowest BCUT2D eigenvalue weighted by molar-refractivity contribution is -0.136. The van der Waals surface area contributed by atoms with Gasteiger partial charge in [0.15, 0.2) is 0 Å². The molecule has 3 amide bonds. The van der Waals surface area contributed by atoms with Crippen molar-refractivity contribution in [2.75, 3.05) is 57.3 Å². The number of piperidine rings is 3. The number of hydrogen-bond donors (Lipinski definition) is 1. The zero-order valence-electron chi connectivity index (χ0n) is 34.6. The number of nitrogens with one attached hydrogen (secondary N) is 1. The molecule has 0 bridgehead atoms. The van der Waals surface area contributed by atoms with Gasteiger partial charge >= 0.3 is 0 Å². The Kier molecular flexibility index (Phi) is 8.78. The summed E-state index contributed by atoms with van der Waals surface area (Å²) in [7, 11) is 0. The van der Waals surface area contributed by atoms with E-state index in [1.165, 1.54) is 36.3 Å². The molecule has 4 aromatic rings. The summed E-state index contributed by atoms with van der Waals surface area (Å²) in [6.45, 7) is 8.60. The van der Waals surface area contributed by atoms with E-state index in [0.29, 0.717) is 47.5 Å². The molecule has 12 rings (SSSR count). The highest BCUT2D eigenvalue weighted by atomic mass is 35.5. The number of imide groups is 1. The Labute approximate surface area is 360 Å². The van der Waals surface area contributed by atoms with E-state index in [4.69, 9.17) is 21.3 Å². The lowest BCUT2D eigenvalue weighted by Gasteiger charge is -2.49. The Morgan fingerprint density at radius 1 is 0.869 bits per heavy atom. The number of halogens is 1. The van der Waals surface area contributed by atoms with E-state index in [0.717, 1.165) is 112 Å². The molecule has 1 atom stereocenters. The number of amides is 3. The molecular weight excluding hydrogens is 790 g/mol. The summed E-state index contributed by atoms with van der Waals surface area (Å²) in [5, 5.41) is 3.37. The van der Waals surface area contributed by atoms with Crippen molar-refractivity contribution < 1.29 is 19.1 Å². The number of hydrogen-bond acceptors (Lipinski definition) is 9. The number of nitrogens with zero attached hydrogens (tertiary/aromatic N) is 6. The number of aromatic nitrogens is 2. The van der Waals surface area contributed by atoms with Gasteiger partial charge in [0.1, 0.15) is 17.6 Å². The first-order valence-electron chi connectivity index (χ1n) is 22.7. The molecule has 0 radical (unpaired) electrons. The van der Waals surface area contributed by atoms with E-state index in [1.807, 2.05) is 18.2 Å². The third-order valence-corrected chi connectivity index (χ3v) is 16.4. The molecule has 1 saturated carbocycles. The summed E-state index contributed by atoms with van der Waals surface area (Å²) < 4.78 is 8.69. The Hall–Kier alpha value is -4.78. The van der Waals surface area contributed by atoms with Crippen LogP contribution in [0.15, 0.2) is 53.3 Å². The zero-order valence-corrected chi connectivity index (χ0v) is 35.4. The van der Waals surface area contributed by atoms with Crippen molar-refractivity contribution in [3.63, 3.8) is 0 Å². The van der Waals surface area contributed by atoms with Crippen LogP contribution in [0, 0.1) is 5.92 Å². The minimum Gasteiger partial charge on any atom is -0.492 e. The molecule has 1 aliphatic carbocycles. The molecule has 8 heterocycles. The second kappa shape index (κ2) is 14.1. The monoisotopic (exact) mass is 841 g/mol. The summed E-state index contributed by atoms with van der Waals surface area (Å²) >= 11 is 6.62. The van der Waals surface area contributed by atoms with Gasteiger partial charge < -0.3 is 19.4 Å². The van der Waals surface area contributed by atoms with Crippen LogP contribution in [-0.2, 0) is 27.0 Å². The number of benzene rings is 3. The summed E-state index contributed by atoms with van der Waals surface area (Å²) in [5.41, 5.74) is 6.83. The number of rotatable bonds is 5. The Balaban J connectivity index is 0.666. The van der Waals surface area contributed by atoms with Crippen molar-refractivity contribution in [2.45, 2.75) is 100 Å². The molecule has 0 unspecified atom stereocenters. The van der Waals surface area contributed by atoms with Crippen molar-refractivity contribution in [1.29, 1.82) is 0 Å². The van der Waals surface area contributed by atoms with Gasteiger partial charge in [0.05, 0.1) is 40.2 Å². The van der Waals surface area contributed by atoms with E-state index in [1.54, 1.807) is 11.0 Å². The maximum Gasteiger partial charge on any atom is 0.282 e. The van der Waals surface area contributed by atoms with Crippen LogP contribution in [-0.4, -0.2) is 106 Å². The lowest BCUT2D eigenvalue weighted by Crippen LogP contribution is -2.58. The number of ether oxygens (including phenoxy) is 1. The predicted molar refractivity (Wildman–Crippen MR) is 232 cm³/mol. The molecule has 4 saturated heterocycles. The van der Waals surface area contributed by atoms with Crippen LogP contribution in [0.1, 0.15) is 104 Å². The van der Waals surface area contributed by atoms with Gasteiger partial charge in [0.2, 0.25) is 11.8 Å². The lowest BCUT2D eigenvalue weighted by atomic mass is 9.70. The predicted octanol–water partition coefficient (Wildman–Crippen LogP) is 5.69. The van der Waals surface area contributed by atoms with Crippen molar-refractivity contribution in [1.82, 2.24) is 29.6 Å². The van der Waals surface area contributed by atoms with E-state index in [-0.39, 0.29) is 40.5 Å². The first kappa shape index (κ1) is 37.9. The van der Waals surface area contributed by atoms with E-state index in [9.17, 15) is 19.2 Å². The van der Waals surface area contributed by atoms with Gasteiger partial charge in [0.25, 0.3) is 11.5 Å². The second-order valence-electron chi connectivity index (χ2n) is 19.3. The fourth-order valence-corrected chi connectivity index (χ4v) is 13.1. The molecule has 2 spiro atoms. The maximum atomic E-state index is 13.4. The molecule has 61 heavy (non-hydrogen) atoms. The normalized spacial score (nSPS) is 24.8. The quantitative estimate of drug-likeness (QED) is 0.253. The van der Waals surface area contributed by atoms with E-state index < -0.39 is 6.04 Å². The number of likely N-dealkylation sites (tertiary alicyclic amines) is 2. The Morgan fingerprint density at radius 3 is 2.44 bits per heavy atom. The van der Waals surface area contributed by atoms with Gasteiger partial charge in [-0.2, -0.15) is 4.98 Å². The summed E-state index contributed by atoms with van der Waals surface area (Å²) in [4.78, 5) is 65.5. The minimum absolute atomic E-state index is 0.0391. The molecular formula is C48H52ClN7O5. The second-order valence-corrected chi connectivity index (χ2v) is 19.7. The fourth-order valence-electron chi connectivity index (χ4n) is 12.8.